The zero-order chi connectivity index (χ0) is 9.35. The Morgan fingerprint density at radius 1 is 1.33 bits per heavy atom. The van der Waals surface area contributed by atoms with Crippen molar-refractivity contribution in [1.29, 1.82) is 0 Å². The summed E-state index contributed by atoms with van der Waals surface area (Å²) in [7, 11) is 1.12. The molecule has 1 aliphatic rings. The zero-order valence-electron chi connectivity index (χ0n) is 6.44. The third kappa shape index (κ3) is 1.37. The van der Waals surface area contributed by atoms with Gasteiger partial charge in [0.1, 0.15) is 5.57 Å². The molecule has 0 saturated heterocycles. The van der Waals surface area contributed by atoms with Crippen molar-refractivity contribution in [2.75, 3.05) is 7.11 Å². The van der Waals surface area contributed by atoms with E-state index in [2.05, 4.69) is 15.3 Å². The lowest BCUT2D eigenvalue weighted by molar-refractivity contribution is -0.0880. The highest BCUT2D eigenvalue weighted by molar-refractivity contribution is 5.96. The maximum absolute atomic E-state index is 12.2. The molecule has 0 atom stereocenters. The molecule has 12 heavy (non-hydrogen) atoms. The SMILES string of the molecule is COC1=N[N]C(C)=C1C(F)(F)F. The first-order valence-electron chi connectivity index (χ1n) is 3.08. The molecule has 0 fully saturated rings. The fourth-order valence-electron chi connectivity index (χ4n) is 0.844. The molecule has 0 aliphatic carbocycles. The summed E-state index contributed by atoms with van der Waals surface area (Å²) in [5.74, 6) is -0.472. The van der Waals surface area contributed by atoms with E-state index in [1.807, 2.05) is 0 Å². The summed E-state index contributed by atoms with van der Waals surface area (Å²) in [5, 5.41) is 3.21. The van der Waals surface area contributed by atoms with Gasteiger partial charge in [-0.25, -0.2) is 0 Å². The van der Waals surface area contributed by atoms with E-state index in [1.165, 1.54) is 6.92 Å². The van der Waals surface area contributed by atoms with Crippen molar-refractivity contribution < 1.29 is 17.9 Å². The Morgan fingerprint density at radius 2 is 1.92 bits per heavy atom. The first-order valence-corrected chi connectivity index (χ1v) is 3.08. The van der Waals surface area contributed by atoms with Crippen molar-refractivity contribution in [2.45, 2.75) is 13.1 Å². The molecule has 0 bridgehead atoms. The van der Waals surface area contributed by atoms with E-state index in [0.717, 1.165) is 7.11 Å². The molecule has 1 rings (SSSR count). The lowest BCUT2D eigenvalue weighted by Crippen LogP contribution is -2.20. The van der Waals surface area contributed by atoms with Crippen LogP contribution in [0.3, 0.4) is 0 Å². The first-order chi connectivity index (χ1) is 5.46. The van der Waals surface area contributed by atoms with Crippen LogP contribution in [0.15, 0.2) is 16.4 Å². The normalized spacial score (nSPS) is 17.6. The first kappa shape index (κ1) is 8.89. The van der Waals surface area contributed by atoms with Crippen LogP contribution in [0.5, 0.6) is 0 Å². The minimum absolute atomic E-state index is 0.167. The molecule has 3 nitrogen and oxygen atoms in total. The van der Waals surface area contributed by atoms with Gasteiger partial charge in [0, 0.05) is 0 Å². The molecule has 0 unspecified atom stereocenters. The van der Waals surface area contributed by atoms with Gasteiger partial charge in [-0.05, 0) is 6.92 Å². The molecule has 0 aromatic rings. The summed E-state index contributed by atoms with van der Waals surface area (Å²) in [6.07, 6.45) is -4.45. The predicted octanol–water partition coefficient (Wildman–Crippen LogP) is 1.40. The van der Waals surface area contributed by atoms with Crippen molar-refractivity contribution in [2.24, 2.45) is 5.10 Å². The number of methoxy groups -OCH3 is 1. The van der Waals surface area contributed by atoms with Gasteiger partial charge in [0.25, 0.3) is 0 Å². The van der Waals surface area contributed by atoms with Crippen LogP contribution in [0.2, 0.25) is 0 Å². The number of nitrogens with zero attached hydrogens (tertiary/aromatic N) is 2. The third-order valence-electron chi connectivity index (χ3n) is 1.34. The number of alkyl halides is 3. The highest BCUT2D eigenvalue weighted by atomic mass is 19.4. The maximum Gasteiger partial charge on any atom is 0.423 e. The van der Waals surface area contributed by atoms with Gasteiger partial charge >= 0.3 is 6.18 Å². The smallest absolute Gasteiger partial charge is 0.423 e. The number of hydrogen-bond donors (Lipinski definition) is 0. The van der Waals surface area contributed by atoms with Gasteiger partial charge in [-0.2, -0.15) is 18.6 Å². The van der Waals surface area contributed by atoms with E-state index in [-0.39, 0.29) is 5.70 Å². The molecule has 6 heteroatoms. The molecule has 1 aliphatic heterocycles. The summed E-state index contributed by atoms with van der Waals surface area (Å²) in [6.45, 7) is 1.23. The van der Waals surface area contributed by atoms with Gasteiger partial charge in [-0.15, -0.1) is 5.10 Å². The van der Waals surface area contributed by atoms with E-state index >= 15 is 0 Å². The fourth-order valence-corrected chi connectivity index (χ4v) is 0.844. The largest absolute Gasteiger partial charge is 0.479 e. The number of hydrogen-bond acceptors (Lipinski definition) is 2. The van der Waals surface area contributed by atoms with Crippen LogP contribution >= 0.6 is 0 Å². The molecule has 0 N–H and O–H groups in total. The van der Waals surface area contributed by atoms with Crippen LogP contribution in [0, 0.1) is 0 Å². The number of halogens is 3. The Balaban J connectivity index is 3.01. The number of rotatable bonds is 0. The van der Waals surface area contributed by atoms with Crippen LogP contribution in [-0.2, 0) is 4.74 Å². The van der Waals surface area contributed by atoms with E-state index in [1.54, 1.807) is 0 Å². The van der Waals surface area contributed by atoms with Gasteiger partial charge < -0.3 is 4.74 Å². The quantitative estimate of drug-likeness (QED) is 0.553. The highest BCUT2D eigenvalue weighted by Crippen LogP contribution is 2.31. The van der Waals surface area contributed by atoms with Gasteiger partial charge in [-0.1, -0.05) is 0 Å². The minimum atomic E-state index is -4.45. The van der Waals surface area contributed by atoms with Gasteiger partial charge in [-0.3, -0.25) is 0 Å². The standard InChI is InChI=1S/C6H6F3N2O/c1-3-4(6(7,8)9)5(12-2)11-10-3/h1-2H3. The summed E-state index contributed by atoms with van der Waals surface area (Å²) in [6, 6.07) is 0. The third-order valence-corrected chi connectivity index (χ3v) is 1.34. The van der Waals surface area contributed by atoms with E-state index in [0.29, 0.717) is 0 Å². The molecule has 1 heterocycles. The number of allylic oxidation sites excluding steroid dienone is 1. The molecular weight excluding hydrogens is 173 g/mol. The molecule has 0 amide bonds. The van der Waals surface area contributed by atoms with Crippen molar-refractivity contribution in [3.8, 4) is 0 Å². The Bertz CT molecular complexity index is 254. The van der Waals surface area contributed by atoms with E-state index in [9.17, 15) is 13.2 Å². The van der Waals surface area contributed by atoms with Gasteiger partial charge in [0.05, 0.1) is 12.8 Å². The molecule has 1 radical (unpaired) electrons. The van der Waals surface area contributed by atoms with Gasteiger partial charge in [0.15, 0.2) is 0 Å². The van der Waals surface area contributed by atoms with Gasteiger partial charge in [0.2, 0.25) is 5.90 Å². The van der Waals surface area contributed by atoms with Crippen LogP contribution in [-0.4, -0.2) is 19.2 Å². The Morgan fingerprint density at radius 3 is 2.25 bits per heavy atom. The zero-order valence-corrected chi connectivity index (χ0v) is 6.44. The molecule has 67 valence electrons. The second-order valence-electron chi connectivity index (χ2n) is 2.17. The molecule has 0 aromatic heterocycles. The predicted molar refractivity (Wildman–Crippen MR) is 35.3 cm³/mol. The van der Waals surface area contributed by atoms with Crippen LogP contribution in [0.4, 0.5) is 13.2 Å². The topological polar surface area (TPSA) is 35.7 Å². The monoisotopic (exact) mass is 179 g/mol. The second-order valence-corrected chi connectivity index (χ2v) is 2.17. The Hall–Kier alpha value is -1.20. The average Bonchev–Trinajstić information content (AvgIpc) is 2.29. The summed E-state index contributed by atoms with van der Waals surface area (Å²) in [4.78, 5) is 0. The second kappa shape index (κ2) is 2.69. The van der Waals surface area contributed by atoms with E-state index < -0.39 is 17.6 Å². The van der Waals surface area contributed by atoms with Crippen molar-refractivity contribution in [3.05, 3.63) is 11.3 Å². The molecule has 0 spiro atoms. The van der Waals surface area contributed by atoms with Crippen molar-refractivity contribution in [1.82, 2.24) is 5.43 Å². The Kier molecular flexibility index (Phi) is 1.99. The summed E-state index contributed by atoms with van der Waals surface area (Å²) in [5.41, 5.74) is 2.19. The van der Waals surface area contributed by atoms with Crippen LogP contribution < -0.4 is 5.43 Å². The minimum Gasteiger partial charge on any atom is -0.479 e. The highest BCUT2D eigenvalue weighted by Gasteiger charge is 2.42. The molecular formula is C6H6F3N2O. The van der Waals surface area contributed by atoms with E-state index in [4.69, 9.17) is 0 Å². The lowest BCUT2D eigenvalue weighted by atomic mass is 10.2. The van der Waals surface area contributed by atoms with Crippen molar-refractivity contribution >= 4 is 5.90 Å². The van der Waals surface area contributed by atoms with Crippen LogP contribution in [0.25, 0.3) is 0 Å². The fraction of sp³-hybridized carbons (Fsp3) is 0.500. The summed E-state index contributed by atoms with van der Waals surface area (Å²) >= 11 is 0. The average molecular weight is 179 g/mol. The lowest BCUT2D eigenvalue weighted by Gasteiger charge is -2.08. The molecule has 0 aromatic carbocycles. The number of ether oxygens (including phenoxy) is 1. The maximum atomic E-state index is 12.2. The Labute approximate surface area is 66.9 Å². The molecule has 0 saturated carbocycles. The summed E-state index contributed by atoms with van der Waals surface area (Å²) < 4.78 is 40.9. The van der Waals surface area contributed by atoms with Crippen LogP contribution in [0.1, 0.15) is 6.92 Å². The van der Waals surface area contributed by atoms with Crippen molar-refractivity contribution in [3.63, 3.8) is 0 Å².